The van der Waals surface area contributed by atoms with Crippen LogP contribution in [0.15, 0.2) is 47.4 Å². The molecule has 1 unspecified atom stereocenters. The molecule has 1 atom stereocenters. The monoisotopic (exact) mass is 429 g/mol. The van der Waals surface area contributed by atoms with Crippen LogP contribution in [-0.2, 0) is 16.6 Å². The third-order valence-corrected chi connectivity index (χ3v) is 7.38. The van der Waals surface area contributed by atoms with Crippen molar-refractivity contribution >= 4 is 15.9 Å². The number of nitrogens with one attached hydrogen (secondary N) is 2. The Bertz CT molecular complexity index is 990. The van der Waals surface area contributed by atoms with Crippen LogP contribution in [0.4, 0.5) is 0 Å². The van der Waals surface area contributed by atoms with E-state index in [-0.39, 0.29) is 10.8 Å². The van der Waals surface area contributed by atoms with Gasteiger partial charge in [0.2, 0.25) is 10.0 Å². The van der Waals surface area contributed by atoms with Crippen LogP contribution in [0.25, 0.3) is 0 Å². The van der Waals surface area contributed by atoms with Crippen molar-refractivity contribution in [2.75, 3.05) is 26.7 Å². The Morgan fingerprint density at radius 2 is 1.90 bits per heavy atom. The van der Waals surface area contributed by atoms with E-state index in [0.717, 1.165) is 38.0 Å². The fourth-order valence-corrected chi connectivity index (χ4v) is 5.06. The highest BCUT2D eigenvalue weighted by molar-refractivity contribution is 7.89. The SMILES string of the molecule is CNS(=O)(=O)c1cc(C(=O)NCC2CCCN(Cc3ccccc3)C2)cc(C)c1C. The van der Waals surface area contributed by atoms with Crippen molar-refractivity contribution in [3.63, 3.8) is 0 Å². The zero-order valence-corrected chi connectivity index (χ0v) is 18.8. The van der Waals surface area contributed by atoms with E-state index in [2.05, 4.69) is 39.2 Å². The minimum absolute atomic E-state index is 0.154. The van der Waals surface area contributed by atoms with E-state index in [1.807, 2.05) is 13.0 Å². The van der Waals surface area contributed by atoms with E-state index in [1.165, 1.54) is 18.7 Å². The topological polar surface area (TPSA) is 78.5 Å². The van der Waals surface area contributed by atoms with Crippen molar-refractivity contribution in [3.05, 3.63) is 64.7 Å². The summed E-state index contributed by atoms with van der Waals surface area (Å²) in [6.45, 7) is 7.11. The van der Waals surface area contributed by atoms with Crippen molar-refractivity contribution in [2.45, 2.75) is 38.1 Å². The summed E-state index contributed by atoms with van der Waals surface area (Å²) < 4.78 is 26.9. The second-order valence-electron chi connectivity index (χ2n) is 8.06. The fraction of sp³-hybridized carbons (Fsp3) is 0.435. The zero-order valence-electron chi connectivity index (χ0n) is 17.9. The van der Waals surface area contributed by atoms with Gasteiger partial charge in [0.1, 0.15) is 0 Å². The van der Waals surface area contributed by atoms with E-state index in [0.29, 0.717) is 23.6 Å². The molecule has 1 aliphatic heterocycles. The molecule has 1 amide bonds. The zero-order chi connectivity index (χ0) is 21.7. The number of benzene rings is 2. The molecule has 0 spiro atoms. The molecule has 0 saturated carbocycles. The number of hydrogen-bond acceptors (Lipinski definition) is 4. The Balaban J connectivity index is 1.63. The van der Waals surface area contributed by atoms with Crippen molar-refractivity contribution in [2.24, 2.45) is 5.92 Å². The van der Waals surface area contributed by atoms with Gasteiger partial charge in [-0.3, -0.25) is 9.69 Å². The molecule has 0 bridgehead atoms. The molecule has 7 heteroatoms. The van der Waals surface area contributed by atoms with Crippen molar-refractivity contribution < 1.29 is 13.2 Å². The summed E-state index contributed by atoms with van der Waals surface area (Å²) in [6.07, 6.45) is 2.19. The van der Waals surface area contributed by atoms with Gasteiger partial charge < -0.3 is 5.32 Å². The van der Waals surface area contributed by atoms with E-state index in [9.17, 15) is 13.2 Å². The first-order valence-corrected chi connectivity index (χ1v) is 11.9. The molecular formula is C23H31N3O3S. The van der Waals surface area contributed by atoms with Crippen molar-refractivity contribution in [3.8, 4) is 0 Å². The predicted molar refractivity (Wildman–Crippen MR) is 119 cm³/mol. The number of rotatable bonds is 7. The van der Waals surface area contributed by atoms with Crippen LogP contribution in [0, 0.1) is 19.8 Å². The highest BCUT2D eigenvalue weighted by Crippen LogP contribution is 2.22. The first-order valence-electron chi connectivity index (χ1n) is 10.4. The number of sulfonamides is 1. The molecule has 6 nitrogen and oxygen atoms in total. The smallest absolute Gasteiger partial charge is 0.251 e. The number of aryl methyl sites for hydroxylation is 1. The number of piperidine rings is 1. The summed E-state index contributed by atoms with van der Waals surface area (Å²) in [5.74, 6) is 0.157. The van der Waals surface area contributed by atoms with Gasteiger partial charge >= 0.3 is 0 Å². The van der Waals surface area contributed by atoms with Crippen LogP contribution < -0.4 is 10.0 Å². The van der Waals surface area contributed by atoms with E-state index in [4.69, 9.17) is 0 Å². The molecule has 2 N–H and O–H groups in total. The molecule has 1 aliphatic rings. The second kappa shape index (κ2) is 9.73. The molecular weight excluding hydrogens is 398 g/mol. The van der Waals surface area contributed by atoms with E-state index < -0.39 is 10.0 Å². The molecule has 1 heterocycles. The van der Waals surface area contributed by atoms with Crippen LogP contribution in [0.2, 0.25) is 0 Å². The van der Waals surface area contributed by atoms with Crippen LogP contribution in [0.3, 0.4) is 0 Å². The first kappa shape index (κ1) is 22.5. The molecule has 3 rings (SSSR count). The van der Waals surface area contributed by atoms with Gasteiger partial charge in [-0.15, -0.1) is 0 Å². The molecule has 30 heavy (non-hydrogen) atoms. The average Bonchev–Trinajstić information content (AvgIpc) is 2.74. The highest BCUT2D eigenvalue weighted by atomic mass is 32.2. The lowest BCUT2D eigenvalue weighted by Crippen LogP contribution is -2.40. The molecule has 162 valence electrons. The lowest BCUT2D eigenvalue weighted by molar-refractivity contribution is 0.0930. The summed E-state index contributed by atoms with van der Waals surface area (Å²) in [6, 6.07) is 13.6. The Morgan fingerprint density at radius 3 is 2.60 bits per heavy atom. The fourth-order valence-electron chi connectivity index (χ4n) is 3.99. The van der Waals surface area contributed by atoms with Gasteiger partial charge in [-0.2, -0.15) is 0 Å². The number of amides is 1. The number of hydrogen-bond donors (Lipinski definition) is 2. The minimum Gasteiger partial charge on any atom is -0.352 e. The maximum absolute atomic E-state index is 12.8. The van der Waals surface area contributed by atoms with Gasteiger partial charge in [-0.25, -0.2) is 13.1 Å². The van der Waals surface area contributed by atoms with Gasteiger partial charge in [0.25, 0.3) is 5.91 Å². The number of likely N-dealkylation sites (tertiary alicyclic amines) is 1. The van der Waals surface area contributed by atoms with E-state index in [1.54, 1.807) is 13.0 Å². The van der Waals surface area contributed by atoms with Crippen molar-refractivity contribution in [1.29, 1.82) is 0 Å². The Labute approximate surface area is 179 Å². The highest BCUT2D eigenvalue weighted by Gasteiger charge is 2.22. The second-order valence-corrected chi connectivity index (χ2v) is 9.92. The maximum Gasteiger partial charge on any atom is 0.251 e. The third-order valence-electron chi connectivity index (χ3n) is 5.84. The standard InChI is InChI=1S/C23H31N3O3S/c1-17-12-21(13-22(18(17)2)30(28,29)24-3)23(27)25-14-20-10-7-11-26(16-20)15-19-8-5-4-6-9-19/h4-6,8-9,12-13,20,24H,7,10-11,14-16H2,1-3H3,(H,25,27). The summed E-state index contributed by atoms with van der Waals surface area (Å²) in [5.41, 5.74) is 3.12. The minimum atomic E-state index is -3.62. The molecule has 0 aromatic heterocycles. The summed E-state index contributed by atoms with van der Waals surface area (Å²) in [4.78, 5) is 15.3. The third kappa shape index (κ3) is 5.47. The van der Waals surface area contributed by atoms with Crippen molar-refractivity contribution in [1.82, 2.24) is 14.9 Å². The van der Waals surface area contributed by atoms with E-state index >= 15 is 0 Å². The molecule has 1 fully saturated rings. The largest absolute Gasteiger partial charge is 0.352 e. The molecule has 0 radical (unpaired) electrons. The molecule has 0 aliphatic carbocycles. The lowest BCUT2D eigenvalue weighted by Gasteiger charge is -2.32. The lowest BCUT2D eigenvalue weighted by atomic mass is 9.97. The Morgan fingerprint density at radius 1 is 1.17 bits per heavy atom. The van der Waals surface area contributed by atoms with Crippen LogP contribution in [0.5, 0.6) is 0 Å². The van der Waals surface area contributed by atoms with Crippen LogP contribution >= 0.6 is 0 Å². The quantitative estimate of drug-likeness (QED) is 0.709. The Hall–Kier alpha value is -2.22. The first-order chi connectivity index (χ1) is 14.3. The van der Waals surface area contributed by atoms with Gasteiger partial charge in [0, 0.05) is 25.2 Å². The Kier molecular flexibility index (Phi) is 7.28. The summed E-state index contributed by atoms with van der Waals surface area (Å²) in [5, 5.41) is 3.02. The normalized spacial score (nSPS) is 17.6. The van der Waals surface area contributed by atoms with Crippen LogP contribution in [0.1, 0.15) is 39.9 Å². The predicted octanol–water partition coefficient (Wildman–Crippen LogP) is 2.85. The molecule has 1 saturated heterocycles. The van der Waals surface area contributed by atoms with Gasteiger partial charge in [0.15, 0.2) is 0 Å². The maximum atomic E-state index is 12.8. The van der Waals surface area contributed by atoms with Gasteiger partial charge in [-0.05, 0) is 75.0 Å². The van der Waals surface area contributed by atoms with Gasteiger partial charge in [-0.1, -0.05) is 30.3 Å². The number of carbonyl (C=O) groups excluding carboxylic acids is 1. The molecule has 2 aromatic rings. The molecule has 2 aromatic carbocycles. The van der Waals surface area contributed by atoms with Crippen LogP contribution in [-0.4, -0.2) is 45.9 Å². The van der Waals surface area contributed by atoms with Gasteiger partial charge in [0.05, 0.1) is 4.90 Å². The summed E-state index contributed by atoms with van der Waals surface area (Å²) in [7, 11) is -2.24. The average molecular weight is 430 g/mol. The number of carbonyl (C=O) groups is 1. The number of nitrogens with zero attached hydrogens (tertiary/aromatic N) is 1. The summed E-state index contributed by atoms with van der Waals surface area (Å²) >= 11 is 0.